The molecule has 0 aliphatic rings. The summed E-state index contributed by atoms with van der Waals surface area (Å²) in [6.45, 7) is 3.83. The van der Waals surface area contributed by atoms with Gasteiger partial charge in [0.2, 0.25) is 0 Å². The van der Waals surface area contributed by atoms with Crippen LogP contribution in [0.5, 0.6) is 0 Å². The third kappa shape index (κ3) is 5.66. The van der Waals surface area contributed by atoms with E-state index in [-0.39, 0.29) is 5.69 Å². The van der Waals surface area contributed by atoms with Crippen molar-refractivity contribution in [2.45, 2.75) is 13.8 Å². The van der Waals surface area contributed by atoms with Gasteiger partial charge in [-0.15, -0.1) is 0 Å². The number of nitrogens with one attached hydrogen (secondary N) is 3. The number of aryl methyl sites for hydroxylation is 2. The lowest BCUT2D eigenvalue weighted by Gasteiger charge is -2.13. The number of rotatable bonds is 4. The van der Waals surface area contributed by atoms with Crippen molar-refractivity contribution in [2.75, 3.05) is 16.1 Å². The standard InChI is InChI=1S/C25H19Br3N4O3/c1-13-3-7-20(19(28)9-13)30-24(34)25(35)31-32-21-8-4-16(26)11-15(21)12-22(32)23(33)29-17-5-6-18(27)14(2)10-17/h3-12H,1-2H3,(H,29,33)(H,30,34)(H,31,35). The molecule has 0 saturated carbocycles. The Morgan fingerprint density at radius 3 is 2.26 bits per heavy atom. The van der Waals surface area contributed by atoms with E-state index in [9.17, 15) is 14.4 Å². The number of benzene rings is 3. The predicted octanol–water partition coefficient (Wildman–Crippen LogP) is 6.51. The molecule has 0 spiro atoms. The number of anilines is 2. The first-order valence-electron chi connectivity index (χ1n) is 10.4. The molecule has 0 fully saturated rings. The number of fused-ring (bicyclic) bond motifs is 1. The number of carbonyl (C=O) groups is 3. The molecular weight excluding hydrogens is 644 g/mol. The van der Waals surface area contributed by atoms with Crippen molar-refractivity contribution < 1.29 is 14.4 Å². The Bertz CT molecular complexity index is 1500. The first-order valence-corrected chi connectivity index (χ1v) is 12.8. The van der Waals surface area contributed by atoms with E-state index < -0.39 is 17.7 Å². The molecule has 0 atom stereocenters. The van der Waals surface area contributed by atoms with Crippen molar-refractivity contribution in [3.05, 3.63) is 90.9 Å². The van der Waals surface area contributed by atoms with Crippen molar-refractivity contribution in [3.8, 4) is 0 Å². The molecule has 0 aliphatic carbocycles. The molecule has 4 aromatic rings. The molecule has 1 aromatic heterocycles. The fourth-order valence-corrected chi connectivity index (χ4v) is 4.66. The van der Waals surface area contributed by atoms with Gasteiger partial charge in [-0.3, -0.25) is 19.8 Å². The van der Waals surface area contributed by atoms with E-state index in [2.05, 4.69) is 63.8 Å². The van der Waals surface area contributed by atoms with Crippen LogP contribution in [0.4, 0.5) is 11.4 Å². The molecule has 0 bridgehead atoms. The summed E-state index contributed by atoms with van der Waals surface area (Å²) in [5, 5.41) is 6.14. The van der Waals surface area contributed by atoms with E-state index in [1.54, 1.807) is 30.3 Å². The van der Waals surface area contributed by atoms with Gasteiger partial charge < -0.3 is 10.6 Å². The molecule has 4 rings (SSSR count). The highest BCUT2D eigenvalue weighted by Crippen LogP contribution is 2.26. The zero-order valence-corrected chi connectivity index (χ0v) is 23.3. The molecule has 0 unspecified atom stereocenters. The Kier molecular flexibility index (Phi) is 7.44. The Morgan fingerprint density at radius 1 is 0.771 bits per heavy atom. The maximum absolute atomic E-state index is 13.2. The van der Waals surface area contributed by atoms with Gasteiger partial charge in [-0.2, -0.15) is 0 Å². The van der Waals surface area contributed by atoms with Crippen LogP contribution in [0.2, 0.25) is 0 Å². The molecule has 10 heteroatoms. The fraction of sp³-hybridized carbons (Fsp3) is 0.0800. The predicted molar refractivity (Wildman–Crippen MR) is 148 cm³/mol. The zero-order chi connectivity index (χ0) is 25.3. The Morgan fingerprint density at radius 2 is 1.54 bits per heavy atom. The van der Waals surface area contributed by atoms with Crippen molar-refractivity contribution in [1.82, 2.24) is 4.68 Å². The molecule has 3 amide bonds. The monoisotopic (exact) mass is 660 g/mol. The zero-order valence-electron chi connectivity index (χ0n) is 18.6. The van der Waals surface area contributed by atoms with Gasteiger partial charge in [-0.25, -0.2) is 4.68 Å². The van der Waals surface area contributed by atoms with E-state index in [4.69, 9.17) is 0 Å². The smallest absolute Gasteiger partial charge is 0.321 e. The topological polar surface area (TPSA) is 92.2 Å². The molecule has 0 aliphatic heterocycles. The van der Waals surface area contributed by atoms with Crippen LogP contribution in [0.3, 0.4) is 0 Å². The van der Waals surface area contributed by atoms with E-state index in [1.807, 2.05) is 44.2 Å². The van der Waals surface area contributed by atoms with Gasteiger partial charge in [-0.05, 0) is 95.5 Å². The van der Waals surface area contributed by atoms with Crippen LogP contribution in [0, 0.1) is 13.8 Å². The van der Waals surface area contributed by atoms with Gasteiger partial charge in [0.25, 0.3) is 5.91 Å². The fourth-order valence-electron chi connectivity index (χ4n) is 3.44. The molecule has 35 heavy (non-hydrogen) atoms. The summed E-state index contributed by atoms with van der Waals surface area (Å²) < 4.78 is 3.70. The van der Waals surface area contributed by atoms with Gasteiger partial charge in [0.15, 0.2) is 0 Å². The Balaban J connectivity index is 1.63. The highest BCUT2D eigenvalue weighted by Gasteiger charge is 2.22. The minimum absolute atomic E-state index is 0.163. The third-order valence-electron chi connectivity index (χ3n) is 5.20. The molecule has 178 valence electrons. The summed E-state index contributed by atoms with van der Waals surface area (Å²) in [4.78, 5) is 38.6. The van der Waals surface area contributed by atoms with Gasteiger partial charge >= 0.3 is 11.8 Å². The number of halogens is 3. The summed E-state index contributed by atoms with van der Waals surface area (Å²) >= 11 is 10.3. The van der Waals surface area contributed by atoms with E-state index in [0.717, 1.165) is 20.1 Å². The van der Waals surface area contributed by atoms with Gasteiger partial charge in [0.05, 0.1) is 11.2 Å². The first-order chi connectivity index (χ1) is 16.6. The SMILES string of the molecule is Cc1ccc(NC(=O)C(=O)Nn2c(C(=O)Nc3ccc(Br)c(C)c3)cc3cc(Br)ccc32)c(Br)c1. The van der Waals surface area contributed by atoms with E-state index in [0.29, 0.717) is 26.8 Å². The summed E-state index contributed by atoms with van der Waals surface area (Å²) in [5.74, 6) is -2.24. The number of amides is 3. The molecule has 3 N–H and O–H groups in total. The number of carbonyl (C=O) groups excluding carboxylic acids is 3. The number of hydrogen-bond acceptors (Lipinski definition) is 3. The number of nitrogens with zero attached hydrogens (tertiary/aromatic N) is 1. The maximum Gasteiger partial charge on any atom is 0.328 e. The van der Waals surface area contributed by atoms with Crippen LogP contribution >= 0.6 is 47.8 Å². The van der Waals surface area contributed by atoms with Crippen LogP contribution in [0.1, 0.15) is 21.6 Å². The average Bonchev–Trinajstić information content (AvgIpc) is 3.15. The normalized spacial score (nSPS) is 10.8. The molecule has 0 radical (unpaired) electrons. The van der Waals surface area contributed by atoms with Crippen molar-refractivity contribution in [3.63, 3.8) is 0 Å². The second kappa shape index (κ2) is 10.3. The average molecular weight is 663 g/mol. The highest BCUT2D eigenvalue weighted by molar-refractivity contribution is 9.11. The summed E-state index contributed by atoms with van der Waals surface area (Å²) in [6, 6.07) is 17.8. The van der Waals surface area contributed by atoms with Crippen molar-refractivity contribution >= 4 is 87.8 Å². The number of aromatic nitrogens is 1. The van der Waals surface area contributed by atoms with Crippen LogP contribution in [-0.4, -0.2) is 22.4 Å². The van der Waals surface area contributed by atoms with Crippen molar-refractivity contribution in [2.24, 2.45) is 0 Å². The minimum Gasteiger partial charge on any atom is -0.321 e. The molecule has 1 heterocycles. The number of hydrogen-bond donors (Lipinski definition) is 3. The second-order valence-electron chi connectivity index (χ2n) is 7.86. The Labute approximate surface area is 226 Å². The highest BCUT2D eigenvalue weighted by atomic mass is 79.9. The summed E-state index contributed by atoms with van der Waals surface area (Å²) in [7, 11) is 0. The molecular formula is C25H19Br3N4O3. The summed E-state index contributed by atoms with van der Waals surface area (Å²) in [6.07, 6.45) is 0. The molecule has 7 nitrogen and oxygen atoms in total. The third-order valence-corrected chi connectivity index (χ3v) is 7.24. The van der Waals surface area contributed by atoms with E-state index in [1.165, 1.54) is 4.68 Å². The minimum atomic E-state index is -0.925. The maximum atomic E-state index is 13.2. The second-order valence-corrected chi connectivity index (χ2v) is 10.5. The lowest BCUT2D eigenvalue weighted by molar-refractivity contribution is -0.133. The van der Waals surface area contributed by atoms with E-state index >= 15 is 0 Å². The van der Waals surface area contributed by atoms with Gasteiger partial charge in [0, 0.05) is 24.5 Å². The Hall–Kier alpha value is -2.95. The molecule has 0 saturated heterocycles. The lowest BCUT2D eigenvalue weighted by Crippen LogP contribution is -2.36. The van der Waals surface area contributed by atoms with Crippen LogP contribution in [0.25, 0.3) is 10.9 Å². The summed E-state index contributed by atoms with van der Waals surface area (Å²) in [5.41, 5.74) is 6.30. The van der Waals surface area contributed by atoms with Gasteiger partial charge in [-0.1, -0.05) is 37.9 Å². The van der Waals surface area contributed by atoms with Crippen molar-refractivity contribution in [1.29, 1.82) is 0 Å². The lowest BCUT2D eigenvalue weighted by atomic mass is 10.2. The van der Waals surface area contributed by atoms with Gasteiger partial charge in [0.1, 0.15) is 5.69 Å². The van der Waals surface area contributed by atoms with Crippen LogP contribution in [0.15, 0.2) is 74.1 Å². The quantitative estimate of drug-likeness (QED) is 0.218. The largest absolute Gasteiger partial charge is 0.328 e. The van der Waals surface area contributed by atoms with Crippen LogP contribution < -0.4 is 16.1 Å². The van der Waals surface area contributed by atoms with Crippen LogP contribution in [-0.2, 0) is 9.59 Å². The molecule has 3 aromatic carbocycles. The first kappa shape index (κ1) is 25.2.